The van der Waals surface area contributed by atoms with Gasteiger partial charge in [0.25, 0.3) is 0 Å². The minimum atomic E-state index is 0.167. The van der Waals surface area contributed by atoms with Gasteiger partial charge in [0.2, 0.25) is 5.91 Å². The Hall–Kier alpha value is -2.13. The van der Waals surface area contributed by atoms with Crippen LogP contribution in [0.15, 0.2) is 54.6 Å². The number of para-hydroxylation sites is 1. The van der Waals surface area contributed by atoms with Crippen LogP contribution in [0.1, 0.15) is 30.9 Å². The SMILES string of the molecule is C[C@H]1Cc2ccccc2N1C(=O)C1CCN(Cc2ccccc2)CC1. The van der Waals surface area contributed by atoms with Crippen molar-refractivity contribution in [2.24, 2.45) is 5.92 Å². The van der Waals surface area contributed by atoms with E-state index in [1.165, 1.54) is 11.1 Å². The third-order valence-electron chi connectivity index (χ3n) is 5.63. The summed E-state index contributed by atoms with van der Waals surface area (Å²) in [6.07, 6.45) is 2.92. The molecule has 2 aliphatic heterocycles. The van der Waals surface area contributed by atoms with Crippen LogP contribution in [0.2, 0.25) is 0 Å². The van der Waals surface area contributed by atoms with E-state index >= 15 is 0 Å². The summed E-state index contributed by atoms with van der Waals surface area (Å²) in [6.45, 7) is 5.18. The Morgan fingerprint density at radius 3 is 2.44 bits per heavy atom. The van der Waals surface area contributed by atoms with Gasteiger partial charge < -0.3 is 4.90 Å². The van der Waals surface area contributed by atoms with E-state index in [1.54, 1.807) is 0 Å². The Morgan fingerprint density at radius 2 is 1.68 bits per heavy atom. The second-order valence-electron chi connectivity index (χ2n) is 7.43. The molecule has 0 aliphatic carbocycles. The monoisotopic (exact) mass is 334 g/mol. The van der Waals surface area contributed by atoms with Crippen LogP contribution in [0.5, 0.6) is 0 Å². The molecule has 0 bridgehead atoms. The summed E-state index contributed by atoms with van der Waals surface area (Å²) in [6, 6.07) is 19.3. The van der Waals surface area contributed by atoms with Crippen LogP contribution in [-0.4, -0.2) is 29.9 Å². The molecule has 2 aromatic carbocycles. The predicted molar refractivity (Wildman–Crippen MR) is 102 cm³/mol. The van der Waals surface area contributed by atoms with Gasteiger partial charge in [-0.3, -0.25) is 9.69 Å². The van der Waals surface area contributed by atoms with Crippen molar-refractivity contribution in [2.45, 2.75) is 38.8 Å². The number of rotatable bonds is 3. The molecule has 1 atom stereocenters. The smallest absolute Gasteiger partial charge is 0.230 e. The number of carbonyl (C=O) groups excluding carboxylic acids is 1. The van der Waals surface area contributed by atoms with Crippen molar-refractivity contribution in [3.63, 3.8) is 0 Å². The fraction of sp³-hybridized carbons (Fsp3) is 0.409. The standard InChI is InChI=1S/C22H26N2O/c1-17-15-20-9-5-6-10-21(20)24(17)22(25)19-11-13-23(14-12-19)16-18-7-3-2-4-8-18/h2-10,17,19H,11-16H2,1H3/t17-/m0/s1. The molecule has 25 heavy (non-hydrogen) atoms. The molecule has 1 amide bonds. The van der Waals surface area contributed by atoms with Gasteiger partial charge in [0.1, 0.15) is 0 Å². The average Bonchev–Trinajstić information content (AvgIpc) is 2.98. The molecule has 0 radical (unpaired) electrons. The average molecular weight is 334 g/mol. The van der Waals surface area contributed by atoms with Crippen LogP contribution < -0.4 is 4.90 Å². The molecule has 0 aromatic heterocycles. The molecule has 0 spiro atoms. The van der Waals surface area contributed by atoms with Crippen molar-refractivity contribution in [2.75, 3.05) is 18.0 Å². The van der Waals surface area contributed by atoms with E-state index in [2.05, 4.69) is 65.3 Å². The summed E-state index contributed by atoms with van der Waals surface area (Å²) in [5, 5.41) is 0. The largest absolute Gasteiger partial charge is 0.309 e. The first-order valence-electron chi connectivity index (χ1n) is 9.39. The van der Waals surface area contributed by atoms with Crippen LogP contribution in [0.4, 0.5) is 5.69 Å². The zero-order valence-electron chi connectivity index (χ0n) is 14.9. The van der Waals surface area contributed by atoms with Gasteiger partial charge in [-0.25, -0.2) is 0 Å². The van der Waals surface area contributed by atoms with Crippen LogP contribution >= 0.6 is 0 Å². The summed E-state index contributed by atoms with van der Waals surface area (Å²) < 4.78 is 0. The van der Waals surface area contributed by atoms with Crippen LogP contribution in [0.25, 0.3) is 0 Å². The fourth-order valence-electron chi connectivity index (χ4n) is 4.28. The lowest BCUT2D eigenvalue weighted by Gasteiger charge is -2.34. The summed E-state index contributed by atoms with van der Waals surface area (Å²) in [7, 11) is 0. The first-order chi connectivity index (χ1) is 12.2. The summed E-state index contributed by atoms with van der Waals surface area (Å²) in [4.78, 5) is 17.7. The minimum Gasteiger partial charge on any atom is -0.309 e. The van der Waals surface area contributed by atoms with Crippen molar-refractivity contribution >= 4 is 11.6 Å². The molecular weight excluding hydrogens is 308 g/mol. The van der Waals surface area contributed by atoms with Gasteiger partial charge in [-0.05, 0) is 56.5 Å². The Balaban J connectivity index is 1.39. The first-order valence-corrected chi connectivity index (χ1v) is 9.39. The third kappa shape index (κ3) is 3.34. The number of anilines is 1. The summed E-state index contributed by atoms with van der Waals surface area (Å²) in [5.74, 6) is 0.498. The molecular formula is C22H26N2O. The number of likely N-dealkylation sites (tertiary alicyclic amines) is 1. The Bertz CT molecular complexity index is 735. The number of carbonyl (C=O) groups is 1. The molecule has 4 rings (SSSR count). The van der Waals surface area contributed by atoms with Crippen LogP contribution in [0.3, 0.4) is 0 Å². The highest BCUT2D eigenvalue weighted by atomic mass is 16.2. The maximum absolute atomic E-state index is 13.1. The number of fused-ring (bicyclic) bond motifs is 1. The molecule has 2 aliphatic rings. The van der Waals surface area contributed by atoms with E-state index in [0.717, 1.165) is 44.6 Å². The van der Waals surface area contributed by atoms with Gasteiger partial charge in [0.05, 0.1) is 0 Å². The van der Waals surface area contributed by atoms with E-state index < -0.39 is 0 Å². The van der Waals surface area contributed by atoms with Crippen molar-refractivity contribution < 1.29 is 4.79 Å². The van der Waals surface area contributed by atoms with E-state index in [0.29, 0.717) is 5.91 Å². The molecule has 0 N–H and O–H groups in total. The third-order valence-corrected chi connectivity index (χ3v) is 5.63. The Morgan fingerprint density at radius 1 is 1.00 bits per heavy atom. The maximum atomic E-state index is 13.1. The number of hydrogen-bond acceptors (Lipinski definition) is 2. The second-order valence-corrected chi connectivity index (χ2v) is 7.43. The fourth-order valence-corrected chi connectivity index (χ4v) is 4.28. The number of amides is 1. The molecule has 1 fully saturated rings. The summed E-state index contributed by atoms with van der Waals surface area (Å²) in [5.41, 5.74) is 3.80. The van der Waals surface area contributed by atoms with Gasteiger partial charge in [0.15, 0.2) is 0 Å². The molecule has 3 nitrogen and oxygen atoms in total. The van der Waals surface area contributed by atoms with Crippen molar-refractivity contribution in [3.05, 3.63) is 65.7 Å². The molecule has 0 unspecified atom stereocenters. The van der Waals surface area contributed by atoms with Crippen LogP contribution in [-0.2, 0) is 17.8 Å². The molecule has 0 saturated carbocycles. The molecule has 130 valence electrons. The quantitative estimate of drug-likeness (QED) is 0.850. The van der Waals surface area contributed by atoms with E-state index in [4.69, 9.17) is 0 Å². The highest BCUT2D eigenvalue weighted by molar-refractivity contribution is 5.97. The number of piperidine rings is 1. The van der Waals surface area contributed by atoms with Crippen molar-refractivity contribution in [3.8, 4) is 0 Å². The van der Waals surface area contributed by atoms with Crippen molar-refractivity contribution in [1.29, 1.82) is 0 Å². The van der Waals surface area contributed by atoms with E-state index in [9.17, 15) is 4.79 Å². The molecule has 3 heteroatoms. The highest BCUT2D eigenvalue weighted by Crippen LogP contribution is 2.34. The lowest BCUT2D eigenvalue weighted by atomic mass is 9.94. The van der Waals surface area contributed by atoms with Gasteiger partial charge in [-0.15, -0.1) is 0 Å². The number of benzene rings is 2. The van der Waals surface area contributed by atoms with Gasteiger partial charge in [-0.1, -0.05) is 48.5 Å². The van der Waals surface area contributed by atoms with Gasteiger partial charge in [-0.2, -0.15) is 0 Å². The van der Waals surface area contributed by atoms with Crippen LogP contribution in [0, 0.1) is 5.92 Å². The van der Waals surface area contributed by atoms with Gasteiger partial charge >= 0.3 is 0 Å². The second kappa shape index (κ2) is 7.01. The lowest BCUT2D eigenvalue weighted by Crippen LogP contribution is -2.44. The molecule has 2 heterocycles. The molecule has 2 aromatic rings. The van der Waals surface area contributed by atoms with E-state index in [-0.39, 0.29) is 12.0 Å². The molecule has 1 saturated heterocycles. The first kappa shape index (κ1) is 16.3. The number of nitrogens with zero attached hydrogens (tertiary/aromatic N) is 2. The Labute approximate surface area is 150 Å². The topological polar surface area (TPSA) is 23.6 Å². The minimum absolute atomic E-state index is 0.167. The van der Waals surface area contributed by atoms with E-state index in [1.807, 2.05) is 6.07 Å². The zero-order chi connectivity index (χ0) is 17.2. The van der Waals surface area contributed by atoms with Gasteiger partial charge in [0, 0.05) is 24.2 Å². The predicted octanol–water partition coefficient (Wildman–Crippen LogP) is 3.88. The summed E-state index contributed by atoms with van der Waals surface area (Å²) >= 11 is 0. The normalized spacial score (nSPS) is 21.3. The van der Waals surface area contributed by atoms with Crippen molar-refractivity contribution in [1.82, 2.24) is 4.90 Å². The lowest BCUT2D eigenvalue weighted by molar-refractivity contribution is -0.124. The highest BCUT2D eigenvalue weighted by Gasteiger charge is 2.35. The zero-order valence-corrected chi connectivity index (χ0v) is 14.9. The Kier molecular flexibility index (Phi) is 4.58. The number of hydrogen-bond donors (Lipinski definition) is 0. The maximum Gasteiger partial charge on any atom is 0.230 e.